The number of benzene rings is 1. The zero-order valence-corrected chi connectivity index (χ0v) is 9.75. The molecule has 0 saturated heterocycles. The van der Waals surface area contributed by atoms with Crippen LogP contribution in [-0.4, -0.2) is 24.3 Å². The van der Waals surface area contributed by atoms with Gasteiger partial charge in [0.05, 0.1) is 6.61 Å². The summed E-state index contributed by atoms with van der Waals surface area (Å²) in [4.78, 5) is 11.1. The molecule has 1 aromatic carbocycles. The third-order valence-corrected chi connectivity index (χ3v) is 2.29. The third-order valence-electron chi connectivity index (χ3n) is 1.76. The predicted octanol–water partition coefficient (Wildman–Crippen LogP) is 1.24. The second-order valence-electron chi connectivity index (χ2n) is 2.96. The Morgan fingerprint density at radius 1 is 1.27 bits per heavy atom. The average Bonchev–Trinajstić information content (AvgIpc) is 2.25. The third kappa shape index (κ3) is 4.80. The molecule has 1 rings (SSSR count). The number of rotatable bonds is 4. The van der Waals surface area contributed by atoms with Crippen molar-refractivity contribution in [3.8, 4) is 0 Å². The number of carbonyl (C=O) groups is 1. The summed E-state index contributed by atoms with van der Waals surface area (Å²) in [5.41, 5.74) is 1.03. The fourth-order valence-corrected chi connectivity index (χ4v) is 1.28. The van der Waals surface area contributed by atoms with Crippen LogP contribution < -0.4 is 10.6 Å². The van der Waals surface area contributed by atoms with E-state index >= 15 is 0 Å². The zero-order chi connectivity index (χ0) is 11.1. The van der Waals surface area contributed by atoms with Crippen molar-refractivity contribution in [1.82, 2.24) is 10.6 Å². The van der Waals surface area contributed by atoms with Gasteiger partial charge in [-0.3, -0.25) is 0 Å². The second kappa shape index (κ2) is 6.42. The molecule has 0 aliphatic rings. The maximum atomic E-state index is 11.1. The van der Waals surface area contributed by atoms with E-state index in [9.17, 15) is 4.79 Å². The van der Waals surface area contributed by atoms with Crippen LogP contribution >= 0.6 is 15.9 Å². The monoisotopic (exact) mass is 272 g/mol. The lowest BCUT2D eigenvalue weighted by molar-refractivity contribution is 0.234. The van der Waals surface area contributed by atoms with E-state index in [2.05, 4.69) is 26.6 Å². The molecule has 0 aliphatic heterocycles. The predicted molar refractivity (Wildman–Crippen MR) is 61.5 cm³/mol. The highest BCUT2D eigenvalue weighted by molar-refractivity contribution is 9.10. The van der Waals surface area contributed by atoms with Gasteiger partial charge in [-0.05, 0) is 17.7 Å². The van der Waals surface area contributed by atoms with Crippen molar-refractivity contribution in [3.05, 3.63) is 34.3 Å². The molecule has 82 valence electrons. The van der Waals surface area contributed by atoms with Gasteiger partial charge in [0.2, 0.25) is 0 Å². The van der Waals surface area contributed by atoms with E-state index in [1.54, 1.807) is 0 Å². The molecule has 0 aromatic heterocycles. The number of aliphatic hydroxyl groups excluding tert-OH is 1. The number of urea groups is 1. The van der Waals surface area contributed by atoms with Gasteiger partial charge in [-0.1, -0.05) is 28.1 Å². The number of halogens is 1. The Balaban J connectivity index is 2.30. The summed E-state index contributed by atoms with van der Waals surface area (Å²) in [7, 11) is 0. The Kier molecular flexibility index (Phi) is 5.14. The molecule has 0 aliphatic carbocycles. The first-order valence-corrected chi connectivity index (χ1v) is 5.38. The summed E-state index contributed by atoms with van der Waals surface area (Å²) in [6.07, 6.45) is 0. The van der Waals surface area contributed by atoms with Crippen molar-refractivity contribution in [1.29, 1.82) is 0 Å². The van der Waals surface area contributed by atoms with Crippen LogP contribution in [0.2, 0.25) is 0 Å². The maximum absolute atomic E-state index is 11.1. The lowest BCUT2D eigenvalue weighted by Crippen LogP contribution is -2.36. The van der Waals surface area contributed by atoms with E-state index in [-0.39, 0.29) is 19.2 Å². The summed E-state index contributed by atoms with van der Waals surface area (Å²) in [6, 6.07) is 7.42. The van der Waals surface area contributed by atoms with Gasteiger partial charge in [-0.2, -0.15) is 0 Å². The summed E-state index contributed by atoms with van der Waals surface area (Å²) in [5, 5.41) is 13.7. The van der Waals surface area contributed by atoms with Crippen molar-refractivity contribution < 1.29 is 9.90 Å². The lowest BCUT2D eigenvalue weighted by Gasteiger charge is -2.06. The maximum Gasteiger partial charge on any atom is 0.315 e. The van der Waals surface area contributed by atoms with Crippen LogP contribution in [0, 0.1) is 0 Å². The normalized spacial score (nSPS) is 9.73. The van der Waals surface area contributed by atoms with E-state index in [0.29, 0.717) is 6.54 Å². The van der Waals surface area contributed by atoms with Gasteiger partial charge < -0.3 is 15.7 Å². The fraction of sp³-hybridized carbons (Fsp3) is 0.300. The number of hydrogen-bond acceptors (Lipinski definition) is 2. The van der Waals surface area contributed by atoms with Crippen molar-refractivity contribution >= 4 is 22.0 Å². The molecule has 15 heavy (non-hydrogen) atoms. The molecule has 0 heterocycles. The molecular formula is C10H13BrN2O2. The molecule has 4 nitrogen and oxygen atoms in total. The van der Waals surface area contributed by atoms with Gasteiger partial charge in [0.25, 0.3) is 0 Å². The Hall–Kier alpha value is -1.07. The fourth-order valence-electron chi connectivity index (χ4n) is 1.02. The highest BCUT2D eigenvalue weighted by Gasteiger charge is 1.98. The molecule has 0 radical (unpaired) electrons. The van der Waals surface area contributed by atoms with Crippen LogP contribution in [0.3, 0.4) is 0 Å². The molecule has 0 bridgehead atoms. The molecule has 0 atom stereocenters. The molecule has 0 unspecified atom stereocenters. The van der Waals surface area contributed by atoms with Gasteiger partial charge in [-0.15, -0.1) is 0 Å². The Labute approximate surface area is 96.8 Å². The first-order chi connectivity index (χ1) is 7.22. The number of aliphatic hydroxyl groups is 1. The average molecular weight is 273 g/mol. The first kappa shape index (κ1) is 12.0. The van der Waals surface area contributed by atoms with Crippen LogP contribution in [0.5, 0.6) is 0 Å². The standard InChI is InChI=1S/C10H13BrN2O2/c11-9-3-1-8(2-4-9)7-13-10(15)12-5-6-14/h1-4,14H,5-7H2,(H2,12,13,15). The first-order valence-electron chi connectivity index (χ1n) is 4.59. The van der Waals surface area contributed by atoms with Crippen molar-refractivity contribution in [2.24, 2.45) is 0 Å². The quantitative estimate of drug-likeness (QED) is 0.773. The Bertz CT molecular complexity index is 314. The summed E-state index contributed by atoms with van der Waals surface area (Å²) in [6.45, 7) is 0.697. The number of amides is 2. The Morgan fingerprint density at radius 2 is 1.93 bits per heavy atom. The van der Waals surface area contributed by atoms with Gasteiger partial charge in [-0.25, -0.2) is 4.79 Å². The van der Waals surface area contributed by atoms with E-state index in [4.69, 9.17) is 5.11 Å². The summed E-state index contributed by atoms with van der Waals surface area (Å²) < 4.78 is 1.01. The van der Waals surface area contributed by atoms with Gasteiger partial charge >= 0.3 is 6.03 Å². The molecule has 2 amide bonds. The minimum absolute atomic E-state index is 0.0499. The molecular weight excluding hydrogens is 260 g/mol. The van der Waals surface area contributed by atoms with Crippen LogP contribution in [0.1, 0.15) is 5.56 Å². The van der Waals surface area contributed by atoms with Gasteiger partial charge in [0.1, 0.15) is 0 Å². The van der Waals surface area contributed by atoms with Crippen molar-refractivity contribution in [2.75, 3.05) is 13.2 Å². The zero-order valence-electron chi connectivity index (χ0n) is 8.16. The lowest BCUT2D eigenvalue weighted by atomic mass is 10.2. The molecule has 5 heteroatoms. The smallest absolute Gasteiger partial charge is 0.315 e. The minimum Gasteiger partial charge on any atom is -0.395 e. The van der Waals surface area contributed by atoms with Gasteiger partial charge in [0, 0.05) is 17.6 Å². The van der Waals surface area contributed by atoms with Gasteiger partial charge in [0.15, 0.2) is 0 Å². The van der Waals surface area contributed by atoms with E-state index in [1.165, 1.54) is 0 Å². The highest BCUT2D eigenvalue weighted by Crippen LogP contribution is 2.09. The topological polar surface area (TPSA) is 61.4 Å². The van der Waals surface area contributed by atoms with E-state index in [0.717, 1.165) is 10.0 Å². The van der Waals surface area contributed by atoms with E-state index < -0.39 is 0 Å². The molecule has 1 aromatic rings. The highest BCUT2D eigenvalue weighted by atomic mass is 79.9. The largest absolute Gasteiger partial charge is 0.395 e. The van der Waals surface area contributed by atoms with Crippen molar-refractivity contribution in [3.63, 3.8) is 0 Å². The second-order valence-corrected chi connectivity index (χ2v) is 3.88. The summed E-state index contributed by atoms with van der Waals surface area (Å²) in [5.74, 6) is 0. The van der Waals surface area contributed by atoms with Crippen molar-refractivity contribution in [2.45, 2.75) is 6.54 Å². The number of hydrogen-bond donors (Lipinski definition) is 3. The van der Waals surface area contributed by atoms with Crippen LogP contribution in [0.15, 0.2) is 28.7 Å². The minimum atomic E-state index is -0.271. The van der Waals surface area contributed by atoms with Crippen LogP contribution in [-0.2, 0) is 6.54 Å². The molecule has 0 fully saturated rings. The van der Waals surface area contributed by atoms with E-state index in [1.807, 2.05) is 24.3 Å². The van der Waals surface area contributed by atoms with Crippen LogP contribution in [0.25, 0.3) is 0 Å². The van der Waals surface area contributed by atoms with Crippen LogP contribution in [0.4, 0.5) is 4.79 Å². The Morgan fingerprint density at radius 3 is 2.53 bits per heavy atom. The SMILES string of the molecule is O=C(NCCO)NCc1ccc(Br)cc1. The molecule has 0 spiro atoms. The number of carbonyl (C=O) groups excluding carboxylic acids is 1. The summed E-state index contributed by atoms with van der Waals surface area (Å²) >= 11 is 3.33. The number of nitrogens with one attached hydrogen (secondary N) is 2. The molecule has 3 N–H and O–H groups in total. The molecule has 0 saturated carbocycles.